The van der Waals surface area contributed by atoms with Gasteiger partial charge in [0, 0.05) is 31.3 Å². The van der Waals surface area contributed by atoms with Crippen LogP contribution in [0.2, 0.25) is 0 Å². The number of amides is 1. The topological polar surface area (TPSA) is 90.0 Å². The molecule has 8 heteroatoms. The molecule has 1 aromatic carbocycles. The number of aromatic nitrogens is 4. The van der Waals surface area contributed by atoms with E-state index in [-0.39, 0.29) is 11.9 Å². The van der Waals surface area contributed by atoms with Crippen LogP contribution in [0.4, 0.5) is 17.6 Å². The molecule has 3 aliphatic rings. The Bertz CT molecular complexity index is 1170. The Morgan fingerprint density at radius 3 is 2.68 bits per heavy atom. The van der Waals surface area contributed by atoms with Crippen LogP contribution in [0, 0.1) is 0 Å². The molecule has 2 saturated heterocycles. The normalized spacial score (nSPS) is 19.9. The van der Waals surface area contributed by atoms with E-state index < -0.39 is 0 Å². The van der Waals surface area contributed by atoms with E-state index in [1.54, 1.807) is 0 Å². The van der Waals surface area contributed by atoms with E-state index in [4.69, 9.17) is 9.97 Å². The Hall–Kier alpha value is -3.42. The first-order valence-corrected chi connectivity index (χ1v) is 12.6. The fourth-order valence-electron chi connectivity index (χ4n) is 5.51. The van der Waals surface area contributed by atoms with Gasteiger partial charge < -0.3 is 15.1 Å². The lowest BCUT2D eigenvalue weighted by Crippen LogP contribution is -2.48. The van der Waals surface area contributed by atoms with Crippen molar-refractivity contribution in [3.8, 4) is 11.3 Å². The highest BCUT2D eigenvalue weighted by molar-refractivity contribution is 5.85. The van der Waals surface area contributed by atoms with Crippen molar-refractivity contribution in [2.75, 3.05) is 29.9 Å². The van der Waals surface area contributed by atoms with Gasteiger partial charge >= 0.3 is 0 Å². The SMILES string of the molecule is O=C([C@H]1CCCN1c1nc2c(c(Nc3cc(-c4ccccc4)[nH]n3)n1)CCC2)N1CCCCC1. The molecule has 1 amide bonds. The van der Waals surface area contributed by atoms with Crippen molar-refractivity contribution >= 4 is 23.5 Å². The van der Waals surface area contributed by atoms with E-state index in [0.717, 1.165) is 93.2 Å². The minimum atomic E-state index is -0.152. The third kappa shape index (κ3) is 4.02. The van der Waals surface area contributed by atoms with E-state index in [2.05, 4.69) is 32.5 Å². The third-order valence-corrected chi connectivity index (χ3v) is 7.29. The molecule has 3 aromatic rings. The largest absolute Gasteiger partial charge is 0.341 e. The number of nitrogens with zero attached hydrogens (tertiary/aromatic N) is 5. The number of hydrogen-bond acceptors (Lipinski definition) is 6. The number of carbonyl (C=O) groups is 1. The number of piperidine rings is 1. The van der Waals surface area contributed by atoms with Crippen LogP contribution >= 0.6 is 0 Å². The van der Waals surface area contributed by atoms with E-state index in [1.165, 1.54) is 12.0 Å². The van der Waals surface area contributed by atoms with Gasteiger partial charge in [-0.1, -0.05) is 30.3 Å². The number of H-pyrrole nitrogens is 1. The number of aryl methyl sites for hydroxylation is 1. The van der Waals surface area contributed by atoms with Gasteiger partial charge in [-0.25, -0.2) is 4.98 Å². The molecule has 0 unspecified atom stereocenters. The minimum absolute atomic E-state index is 0.152. The number of aromatic amines is 1. The molecule has 176 valence electrons. The molecule has 2 aliphatic heterocycles. The summed E-state index contributed by atoms with van der Waals surface area (Å²) >= 11 is 0. The standard InChI is InChI=1S/C26H31N7O/c34-25(32-14-5-2-6-15-32)22-13-8-16-33(22)26-27-20-12-7-11-19(20)24(29-26)28-23-17-21(30-31-23)18-9-3-1-4-10-18/h1,3-4,9-10,17,22H,2,5-8,11-16H2,(H2,27,28,29,30,31)/t22-/m1/s1. The molecule has 2 fully saturated rings. The highest BCUT2D eigenvalue weighted by Crippen LogP contribution is 2.33. The fraction of sp³-hybridized carbons (Fsp3) is 0.462. The lowest BCUT2D eigenvalue weighted by molar-refractivity contribution is -0.133. The smallest absolute Gasteiger partial charge is 0.245 e. The van der Waals surface area contributed by atoms with Crippen molar-refractivity contribution < 1.29 is 4.79 Å². The molecule has 0 bridgehead atoms. The van der Waals surface area contributed by atoms with Crippen molar-refractivity contribution in [2.24, 2.45) is 0 Å². The Morgan fingerprint density at radius 2 is 1.82 bits per heavy atom. The number of hydrogen-bond donors (Lipinski definition) is 2. The Morgan fingerprint density at radius 1 is 0.971 bits per heavy atom. The monoisotopic (exact) mass is 457 g/mol. The maximum atomic E-state index is 13.3. The summed E-state index contributed by atoms with van der Waals surface area (Å²) in [6, 6.07) is 12.0. The molecule has 0 saturated carbocycles. The van der Waals surface area contributed by atoms with Crippen LogP contribution in [0.3, 0.4) is 0 Å². The molecular formula is C26H31N7O. The number of rotatable bonds is 5. The van der Waals surface area contributed by atoms with Crippen molar-refractivity contribution in [1.29, 1.82) is 0 Å². The van der Waals surface area contributed by atoms with Gasteiger partial charge in [0.15, 0.2) is 5.82 Å². The van der Waals surface area contributed by atoms with Gasteiger partial charge in [0.2, 0.25) is 11.9 Å². The second kappa shape index (κ2) is 9.08. The van der Waals surface area contributed by atoms with E-state index in [0.29, 0.717) is 5.95 Å². The summed E-state index contributed by atoms with van der Waals surface area (Å²) in [5.74, 6) is 2.48. The van der Waals surface area contributed by atoms with Crippen LogP contribution in [0.25, 0.3) is 11.3 Å². The molecule has 6 rings (SSSR count). The van der Waals surface area contributed by atoms with Crippen LogP contribution in [0.5, 0.6) is 0 Å². The molecule has 1 aliphatic carbocycles. The summed E-state index contributed by atoms with van der Waals surface area (Å²) in [5, 5.41) is 11.0. The Kier molecular flexibility index (Phi) is 5.65. The van der Waals surface area contributed by atoms with Gasteiger partial charge in [0.1, 0.15) is 11.9 Å². The third-order valence-electron chi connectivity index (χ3n) is 7.29. The molecule has 0 radical (unpaired) electrons. The number of likely N-dealkylation sites (tertiary alicyclic amines) is 1. The maximum absolute atomic E-state index is 13.3. The minimum Gasteiger partial charge on any atom is -0.341 e. The van der Waals surface area contributed by atoms with Gasteiger partial charge in [0.05, 0.1) is 11.4 Å². The lowest BCUT2D eigenvalue weighted by Gasteiger charge is -2.32. The van der Waals surface area contributed by atoms with Crippen LogP contribution in [-0.4, -0.2) is 56.6 Å². The van der Waals surface area contributed by atoms with Crippen molar-refractivity contribution in [1.82, 2.24) is 25.1 Å². The van der Waals surface area contributed by atoms with Crippen LogP contribution in [0.1, 0.15) is 49.8 Å². The van der Waals surface area contributed by atoms with E-state index in [1.807, 2.05) is 29.2 Å². The molecule has 34 heavy (non-hydrogen) atoms. The number of carbonyl (C=O) groups excluding carboxylic acids is 1. The second-order valence-electron chi connectivity index (χ2n) is 9.55. The van der Waals surface area contributed by atoms with Crippen molar-refractivity contribution in [3.63, 3.8) is 0 Å². The molecule has 8 nitrogen and oxygen atoms in total. The lowest BCUT2D eigenvalue weighted by atomic mass is 10.1. The second-order valence-corrected chi connectivity index (χ2v) is 9.55. The average Bonchev–Trinajstić information content (AvgIpc) is 3.65. The first-order chi connectivity index (χ1) is 16.8. The first kappa shape index (κ1) is 21.1. The Balaban J connectivity index is 1.27. The predicted octanol–water partition coefficient (Wildman–Crippen LogP) is 4.08. The molecule has 4 heterocycles. The predicted molar refractivity (Wildman–Crippen MR) is 132 cm³/mol. The number of fused-ring (bicyclic) bond motifs is 1. The zero-order valence-corrected chi connectivity index (χ0v) is 19.5. The molecule has 0 spiro atoms. The summed E-state index contributed by atoms with van der Waals surface area (Å²) in [6.45, 7) is 2.58. The molecule has 1 atom stereocenters. The number of benzene rings is 1. The maximum Gasteiger partial charge on any atom is 0.245 e. The quantitative estimate of drug-likeness (QED) is 0.600. The average molecular weight is 458 g/mol. The zero-order chi connectivity index (χ0) is 22.9. The van der Waals surface area contributed by atoms with E-state index >= 15 is 0 Å². The summed E-state index contributed by atoms with van der Waals surface area (Å²) in [4.78, 5) is 27.4. The van der Waals surface area contributed by atoms with Gasteiger partial charge in [0.25, 0.3) is 0 Å². The van der Waals surface area contributed by atoms with Crippen LogP contribution in [-0.2, 0) is 17.6 Å². The number of nitrogens with one attached hydrogen (secondary N) is 2. The molecular weight excluding hydrogens is 426 g/mol. The zero-order valence-electron chi connectivity index (χ0n) is 19.5. The van der Waals surface area contributed by atoms with Crippen molar-refractivity contribution in [3.05, 3.63) is 47.7 Å². The van der Waals surface area contributed by atoms with E-state index in [9.17, 15) is 4.79 Å². The summed E-state index contributed by atoms with van der Waals surface area (Å²) in [6.07, 6.45) is 8.30. The van der Waals surface area contributed by atoms with Crippen LogP contribution < -0.4 is 10.2 Å². The van der Waals surface area contributed by atoms with Crippen LogP contribution in [0.15, 0.2) is 36.4 Å². The van der Waals surface area contributed by atoms with Gasteiger partial charge in [-0.15, -0.1) is 0 Å². The fourth-order valence-corrected chi connectivity index (χ4v) is 5.51. The van der Waals surface area contributed by atoms with Crippen molar-refractivity contribution in [2.45, 2.75) is 57.4 Å². The highest BCUT2D eigenvalue weighted by atomic mass is 16.2. The van der Waals surface area contributed by atoms with Gasteiger partial charge in [-0.3, -0.25) is 9.89 Å². The summed E-state index contributed by atoms with van der Waals surface area (Å²) < 4.78 is 0. The molecule has 2 aromatic heterocycles. The van der Waals surface area contributed by atoms with Gasteiger partial charge in [-0.2, -0.15) is 10.1 Å². The Labute approximate surface area is 199 Å². The summed E-state index contributed by atoms with van der Waals surface area (Å²) in [7, 11) is 0. The summed E-state index contributed by atoms with van der Waals surface area (Å²) in [5.41, 5.74) is 4.32. The highest BCUT2D eigenvalue weighted by Gasteiger charge is 2.36. The first-order valence-electron chi connectivity index (χ1n) is 12.6. The number of anilines is 3. The van der Waals surface area contributed by atoms with Gasteiger partial charge in [-0.05, 0) is 56.9 Å². The molecule has 2 N–H and O–H groups in total.